The summed E-state index contributed by atoms with van der Waals surface area (Å²) in [6.45, 7) is 6.55. The van der Waals surface area contributed by atoms with E-state index in [1.165, 1.54) is 103 Å². The van der Waals surface area contributed by atoms with Crippen LogP contribution < -0.4 is 0 Å². The predicted molar refractivity (Wildman–Crippen MR) is 247 cm³/mol. The van der Waals surface area contributed by atoms with Gasteiger partial charge in [0.15, 0.2) is 6.10 Å². The molecule has 0 heterocycles. The van der Waals surface area contributed by atoms with Crippen LogP contribution in [0.25, 0.3) is 0 Å². The Labute approximate surface area is 358 Å². The average Bonchev–Trinajstić information content (AvgIpc) is 3.22. The molecule has 58 heavy (non-hydrogen) atoms. The monoisotopic (exact) mass is 813 g/mol. The molecule has 0 saturated carbocycles. The Hall–Kier alpha value is -2.63. The van der Waals surface area contributed by atoms with Crippen LogP contribution in [0.4, 0.5) is 0 Å². The van der Waals surface area contributed by atoms with Gasteiger partial charge in [0.25, 0.3) is 0 Å². The third-order valence-corrected chi connectivity index (χ3v) is 10.6. The van der Waals surface area contributed by atoms with Crippen molar-refractivity contribution in [2.45, 2.75) is 252 Å². The van der Waals surface area contributed by atoms with Gasteiger partial charge < -0.3 is 14.2 Å². The van der Waals surface area contributed by atoms with E-state index >= 15 is 0 Å². The van der Waals surface area contributed by atoms with Crippen molar-refractivity contribution in [1.82, 2.24) is 0 Å². The lowest BCUT2D eigenvalue weighted by Gasteiger charge is -2.18. The first kappa shape index (κ1) is 55.4. The lowest BCUT2D eigenvalue weighted by atomic mass is 10.1. The minimum atomic E-state index is -0.782. The molecule has 0 aromatic carbocycles. The molecular formula is C52H92O6. The summed E-state index contributed by atoms with van der Waals surface area (Å²) in [6, 6.07) is 0. The Morgan fingerprint density at radius 3 is 0.983 bits per heavy atom. The van der Waals surface area contributed by atoms with Crippen molar-refractivity contribution < 1.29 is 28.6 Å². The summed E-state index contributed by atoms with van der Waals surface area (Å²) < 4.78 is 16.7. The molecule has 0 aromatic rings. The fourth-order valence-corrected chi connectivity index (χ4v) is 6.80. The number of ether oxygens (including phenoxy) is 3. The normalized spacial score (nSPS) is 12.4. The number of esters is 3. The first-order valence-corrected chi connectivity index (χ1v) is 24.6. The van der Waals surface area contributed by atoms with Gasteiger partial charge in [-0.15, -0.1) is 0 Å². The van der Waals surface area contributed by atoms with Gasteiger partial charge in [-0.3, -0.25) is 14.4 Å². The second-order valence-corrected chi connectivity index (χ2v) is 16.4. The van der Waals surface area contributed by atoms with Gasteiger partial charge in [-0.1, -0.05) is 191 Å². The van der Waals surface area contributed by atoms with Crippen LogP contribution >= 0.6 is 0 Å². The molecule has 6 nitrogen and oxygen atoms in total. The summed E-state index contributed by atoms with van der Waals surface area (Å²) in [5, 5.41) is 0. The number of hydrogen-bond acceptors (Lipinski definition) is 6. The summed E-state index contributed by atoms with van der Waals surface area (Å²) in [6.07, 6.45) is 55.1. The molecule has 0 saturated heterocycles. The molecule has 6 heteroatoms. The maximum Gasteiger partial charge on any atom is 0.306 e. The van der Waals surface area contributed by atoms with Crippen LogP contribution in [0.1, 0.15) is 245 Å². The van der Waals surface area contributed by atoms with E-state index in [9.17, 15) is 14.4 Å². The standard InChI is InChI=1S/C52H92O6/c1-4-7-10-13-16-19-22-24-26-28-30-33-36-39-42-45-51(54)57-48-49(47-56-50(53)44-41-38-35-32-21-18-15-12-9-6-3)58-52(55)46-43-40-37-34-31-29-27-25-23-20-17-14-11-8-5-2/h16-17,19-20,24-27,49H,4-15,18,21-23,28-48H2,1-3H3/b19-16-,20-17-,26-24-,27-25-/t49-/m1/s1. The minimum absolute atomic E-state index is 0.0819. The SMILES string of the molecule is CCCCC/C=C\C/C=C\CCCCCCCC(=O)OC[C@@H](COC(=O)CCCCCCCCCCCC)OC(=O)CCCCCCC/C=C\C/C=C\CCCCC. The van der Waals surface area contributed by atoms with Gasteiger partial charge in [0.2, 0.25) is 0 Å². The quantitative estimate of drug-likeness (QED) is 0.0264. The van der Waals surface area contributed by atoms with Crippen molar-refractivity contribution in [3.8, 4) is 0 Å². The van der Waals surface area contributed by atoms with E-state index in [4.69, 9.17) is 14.2 Å². The molecule has 0 fully saturated rings. The van der Waals surface area contributed by atoms with Gasteiger partial charge in [-0.05, 0) is 83.5 Å². The lowest BCUT2D eigenvalue weighted by molar-refractivity contribution is -0.167. The number of rotatable bonds is 44. The van der Waals surface area contributed by atoms with E-state index < -0.39 is 6.10 Å². The second-order valence-electron chi connectivity index (χ2n) is 16.4. The molecule has 0 N–H and O–H groups in total. The third-order valence-electron chi connectivity index (χ3n) is 10.6. The molecule has 0 aliphatic rings. The smallest absolute Gasteiger partial charge is 0.306 e. The predicted octanol–water partition coefficient (Wildman–Crippen LogP) is 15.9. The molecule has 0 spiro atoms. The highest BCUT2D eigenvalue weighted by Crippen LogP contribution is 2.14. The first-order valence-electron chi connectivity index (χ1n) is 24.6. The molecule has 0 aromatic heterocycles. The number of carbonyl (C=O) groups is 3. The summed E-state index contributed by atoms with van der Waals surface area (Å²) in [7, 11) is 0. The van der Waals surface area contributed by atoms with Crippen molar-refractivity contribution in [2.75, 3.05) is 13.2 Å². The summed E-state index contributed by atoms with van der Waals surface area (Å²) in [5.74, 6) is -0.908. The number of hydrogen-bond donors (Lipinski definition) is 0. The average molecular weight is 813 g/mol. The van der Waals surface area contributed by atoms with Crippen LogP contribution in [-0.2, 0) is 28.6 Å². The van der Waals surface area contributed by atoms with Crippen molar-refractivity contribution in [3.05, 3.63) is 48.6 Å². The molecule has 0 rings (SSSR count). The van der Waals surface area contributed by atoms with Crippen LogP contribution in [-0.4, -0.2) is 37.2 Å². The van der Waals surface area contributed by atoms with Crippen LogP contribution in [0.15, 0.2) is 48.6 Å². The molecule has 336 valence electrons. The van der Waals surface area contributed by atoms with Gasteiger partial charge in [-0.25, -0.2) is 0 Å². The maximum atomic E-state index is 12.8. The Morgan fingerprint density at radius 2 is 0.621 bits per heavy atom. The molecule has 0 aliphatic carbocycles. The number of unbranched alkanes of at least 4 members (excludes halogenated alkanes) is 25. The zero-order valence-electron chi connectivity index (χ0n) is 38.3. The highest BCUT2D eigenvalue weighted by atomic mass is 16.6. The number of allylic oxidation sites excluding steroid dienone is 8. The maximum absolute atomic E-state index is 12.8. The van der Waals surface area contributed by atoms with E-state index in [1.54, 1.807) is 0 Å². The van der Waals surface area contributed by atoms with Gasteiger partial charge in [0, 0.05) is 19.3 Å². The van der Waals surface area contributed by atoms with E-state index in [1.807, 2.05) is 0 Å². The van der Waals surface area contributed by atoms with E-state index in [0.717, 1.165) is 103 Å². The zero-order chi connectivity index (χ0) is 42.3. The molecule has 0 unspecified atom stereocenters. The van der Waals surface area contributed by atoms with Gasteiger partial charge in [0.05, 0.1) is 0 Å². The zero-order valence-corrected chi connectivity index (χ0v) is 38.3. The van der Waals surface area contributed by atoms with Crippen LogP contribution in [0.2, 0.25) is 0 Å². The molecule has 0 radical (unpaired) electrons. The van der Waals surface area contributed by atoms with E-state index in [0.29, 0.717) is 19.3 Å². The summed E-state index contributed by atoms with van der Waals surface area (Å²) in [4.78, 5) is 37.8. The molecule has 0 bridgehead atoms. The third kappa shape index (κ3) is 44.5. The largest absolute Gasteiger partial charge is 0.462 e. The highest BCUT2D eigenvalue weighted by molar-refractivity contribution is 5.71. The Morgan fingerprint density at radius 1 is 0.345 bits per heavy atom. The first-order chi connectivity index (χ1) is 28.5. The topological polar surface area (TPSA) is 78.9 Å². The number of carbonyl (C=O) groups excluding carboxylic acids is 3. The fraction of sp³-hybridized carbons (Fsp3) is 0.788. The van der Waals surface area contributed by atoms with Gasteiger partial charge in [-0.2, -0.15) is 0 Å². The van der Waals surface area contributed by atoms with Crippen molar-refractivity contribution >= 4 is 17.9 Å². The van der Waals surface area contributed by atoms with Crippen molar-refractivity contribution in [1.29, 1.82) is 0 Å². The fourth-order valence-electron chi connectivity index (χ4n) is 6.80. The Balaban J connectivity index is 4.40. The lowest BCUT2D eigenvalue weighted by Crippen LogP contribution is -2.30. The minimum Gasteiger partial charge on any atom is -0.462 e. The van der Waals surface area contributed by atoms with Crippen LogP contribution in [0, 0.1) is 0 Å². The van der Waals surface area contributed by atoms with E-state index in [-0.39, 0.29) is 31.1 Å². The Bertz CT molecular complexity index is 1030. The van der Waals surface area contributed by atoms with Crippen LogP contribution in [0.5, 0.6) is 0 Å². The van der Waals surface area contributed by atoms with Gasteiger partial charge in [0.1, 0.15) is 13.2 Å². The van der Waals surface area contributed by atoms with E-state index in [2.05, 4.69) is 69.4 Å². The highest BCUT2D eigenvalue weighted by Gasteiger charge is 2.19. The molecular weight excluding hydrogens is 721 g/mol. The molecule has 1 atom stereocenters. The van der Waals surface area contributed by atoms with Gasteiger partial charge >= 0.3 is 17.9 Å². The van der Waals surface area contributed by atoms with Crippen LogP contribution in [0.3, 0.4) is 0 Å². The molecule has 0 amide bonds. The summed E-state index contributed by atoms with van der Waals surface area (Å²) in [5.41, 5.74) is 0. The second kappa shape index (κ2) is 47.1. The summed E-state index contributed by atoms with van der Waals surface area (Å²) >= 11 is 0. The molecule has 0 aliphatic heterocycles. The van der Waals surface area contributed by atoms with Crippen molar-refractivity contribution in [3.63, 3.8) is 0 Å². The van der Waals surface area contributed by atoms with Crippen molar-refractivity contribution in [2.24, 2.45) is 0 Å². The Kier molecular flexibility index (Phi) is 44.9.